The lowest BCUT2D eigenvalue weighted by molar-refractivity contribution is -0.159. The fraction of sp³-hybridized carbons (Fsp3) is 0.543. The molecule has 9 heteroatoms. The lowest BCUT2D eigenvalue weighted by Gasteiger charge is -2.35. The molecule has 2 aromatic carbocycles. The van der Waals surface area contributed by atoms with Crippen molar-refractivity contribution in [3.05, 3.63) is 70.8 Å². The van der Waals surface area contributed by atoms with Crippen LogP contribution in [0.4, 0.5) is 4.79 Å². The molecule has 0 bridgehead atoms. The van der Waals surface area contributed by atoms with E-state index in [0.717, 1.165) is 23.1 Å². The Balaban J connectivity index is 2.56. The molecule has 0 spiro atoms. The molecule has 0 aliphatic heterocycles. The highest BCUT2D eigenvalue weighted by molar-refractivity contribution is 5.94. The molecule has 2 aromatic rings. The first-order chi connectivity index (χ1) is 20.4. The van der Waals surface area contributed by atoms with Gasteiger partial charge in [0.1, 0.15) is 29.3 Å². The van der Waals surface area contributed by atoms with E-state index in [4.69, 9.17) is 9.47 Å². The molecule has 0 saturated carbocycles. The molecule has 2 N–H and O–H groups in total. The van der Waals surface area contributed by atoms with Gasteiger partial charge in [-0.1, -0.05) is 67.4 Å². The second-order valence-corrected chi connectivity index (χ2v) is 13.3. The number of rotatable bonds is 12. The van der Waals surface area contributed by atoms with Crippen LogP contribution in [0, 0.1) is 13.8 Å². The smallest absolute Gasteiger partial charge is 0.408 e. The number of carbonyl (C=O) groups excluding carboxylic acids is 4. The predicted molar refractivity (Wildman–Crippen MR) is 172 cm³/mol. The summed E-state index contributed by atoms with van der Waals surface area (Å²) in [5.41, 5.74) is 1.79. The fourth-order valence-corrected chi connectivity index (χ4v) is 4.74. The maximum absolute atomic E-state index is 14.4. The number of aryl methyl sites for hydroxylation is 2. The Morgan fingerprint density at radius 1 is 0.864 bits per heavy atom. The molecule has 0 saturated heterocycles. The van der Waals surface area contributed by atoms with Crippen LogP contribution in [-0.4, -0.2) is 58.6 Å². The van der Waals surface area contributed by atoms with Crippen LogP contribution in [0.3, 0.4) is 0 Å². The number of alkyl carbamates (subject to hydrolysis) is 1. The SMILES string of the molecule is CCCCN(C(=O)C(C)NC(=O)OC(C)(C)C)C(C(=O)NC(Cc1ccccc1)C(=O)OC(C)(C)C)c1ccc(C)cc1C. The normalized spacial score (nSPS) is 13.7. The molecule has 0 aliphatic rings. The maximum atomic E-state index is 14.4. The number of ether oxygens (including phenoxy) is 2. The Morgan fingerprint density at radius 3 is 2.02 bits per heavy atom. The van der Waals surface area contributed by atoms with Gasteiger partial charge in [0, 0.05) is 13.0 Å². The summed E-state index contributed by atoms with van der Waals surface area (Å²) in [7, 11) is 0. The predicted octanol–water partition coefficient (Wildman–Crippen LogP) is 5.96. The van der Waals surface area contributed by atoms with Crippen molar-refractivity contribution < 1.29 is 28.7 Å². The van der Waals surface area contributed by atoms with Gasteiger partial charge in [-0.3, -0.25) is 9.59 Å². The number of hydrogen-bond acceptors (Lipinski definition) is 6. The fourth-order valence-electron chi connectivity index (χ4n) is 4.74. The summed E-state index contributed by atoms with van der Waals surface area (Å²) in [4.78, 5) is 55.9. The highest BCUT2D eigenvalue weighted by Gasteiger charge is 2.37. The molecule has 0 aromatic heterocycles. The molecular formula is C35H51N3O6. The third-order valence-electron chi connectivity index (χ3n) is 6.71. The van der Waals surface area contributed by atoms with E-state index in [1.807, 2.05) is 69.3 Å². The average molecular weight is 610 g/mol. The molecular weight excluding hydrogens is 558 g/mol. The van der Waals surface area contributed by atoms with Crippen LogP contribution in [0.15, 0.2) is 48.5 Å². The van der Waals surface area contributed by atoms with Crippen molar-refractivity contribution in [1.29, 1.82) is 0 Å². The summed E-state index contributed by atoms with van der Waals surface area (Å²) in [6, 6.07) is 12.0. The van der Waals surface area contributed by atoms with Gasteiger partial charge in [-0.2, -0.15) is 0 Å². The lowest BCUT2D eigenvalue weighted by atomic mass is 9.95. The summed E-state index contributed by atoms with van der Waals surface area (Å²) in [6.07, 6.45) is 0.877. The summed E-state index contributed by atoms with van der Waals surface area (Å²) in [5.74, 6) is -1.53. The largest absolute Gasteiger partial charge is 0.458 e. The highest BCUT2D eigenvalue weighted by Crippen LogP contribution is 2.27. The zero-order chi connectivity index (χ0) is 33.2. The minimum absolute atomic E-state index is 0.209. The standard InChI is InChI=1S/C35H51N3O6/c1-11-12-20-38(31(40)25(4)36-33(42)44-35(8,9)10)29(27-19-18-23(2)21-24(27)3)30(39)37-28(32(41)43-34(5,6)7)22-26-16-14-13-15-17-26/h13-19,21,25,28-29H,11-12,20,22H2,1-10H3,(H,36,42)(H,37,39). The van der Waals surface area contributed by atoms with Gasteiger partial charge in [-0.25, -0.2) is 9.59 Å². The van der Waals surface area contributed by atoms with E-state index >= 15 is 0 Å². The zero-order valence-corrected chi connectivity index (χ0v) is 28.1. The van der Waals surface area contributed by atoms with E-state index in [1.165, 1.54) is 4.90 Å². The van der Waals surface area contributed by atoms with Crippen LogP contribution < -0.4 is 10.6 Å². The van der Waals surface area contributed by atoms with Crippen LogP contribution >= 0.6 is 0 Å². The zero-order valence-electron chi connectivity index (χ0n) is 28.1. The number of hydrogen-bond donors (Lipinski definition) is 2. The Hall–Kier alpha value is -3.88. The number of amides is 3. The third-order valence-corrected chi connectivity index (χ3v) is 6.71. The quantitative estimate of drug-likeness (QED) is 0.287. The first kappa shape index (κ1) is 36.3. The van der Waals surface area contributed by atoms with Crippen molar-refractivity contribution in [2.75, 3.05) is 6.54 Å². The van der Waals surface area contributed by atoms with Crippen LogP contribution in [-0.2, 0) is 30.3 Å². The summed E-state index contributed by atoms with van der Waals surface area (Å²) < 4.78 is 11.1. The second kappa shape index (κ2) is 15.7. The molecule has 0 radical (unpaired) electrons. The van der Waals surface area contributed by atoms with Crippen molar-refractivity contribution in [1.82, 2.24) is 15.5 Å². The minimum Gasteiger partial charge on any atom is -0.458 e. The Kier molecular flexibility index (Phi) is 13.0. The maximum Gasteiger partial charge on any atom is 0.408 e. The monoisotopic (exact) mass is 609 g/mol. The number of unbranched alkanes of at least 4 members (excludes halogenated alkanes) is 1. The van der Waals surface area contributed by atoms with Crippen molar-refractivity contribution in [2.45, 2.75) is 118 Å². The van der Waals surface area contributed by atoms with Gasteiger partial charge in [0.15, 0.2) is 0 Å². The van der Waals surface area contributed by atoms with Crippen molar-refractivity contribution in [3.8, 4) is 0 Å². The second-order valence-electron chi connectivity index (χ2n) is 13.3. The number of esters is 1. The van der Waals surface area contributed by atoms with E-state index in [-0.39, 0.29) is 13.0 Å². The Morgan fingerprint density at radius 2 is 1.48 bits per heavy atom. The average Bonchev–Trinajstić information content (AvgIpc) is 2.89. The molecule has 3 amide bonds. The highest BCUT2D eigenvalue weighted by atomic mass is 16.6. The van der Waals surface area contributed by atoms with Crippen molar-refractivity contribution >= 4 is 23.9 Å². The van der Waals surface area contributed by atoms with Crippen LogP contribution in [0.5, 0.6) is 0 Å². The van der Waals surface area contributed by atoms with Crippen LogP contribution in [0.25, 0.3) is 0 Å². The van der Waals surface area contributed by atoms with Crippen LogP contribution in [0.2, 0.25) is 0 Å². The first-order valence-corrected chi connectivity index (χ1v) is 15.4. The molecule has 0 fully saturated rings. The van der Waals surface area contributed by atoms with Crippen molar-refractivity contribution in [2.24, 2.45) is 0 Å². The molecule has 0 aliphatic carbocycles. The van der Waals surface area contributed by atoms with E-state index < -0.39 is 53.2 Å². The summed E-state index contributed by atoms with van der Waals surface area (Å²) >= 11 is 0. The van der Waals surface area contributed by atoms with Gasteiger partial charge >= 0.3 is 12.1 Å². The summed E-state index contributed by atoms with van der Waals surface area (Å²) in [6.45, 7) is 18.2. The molecule has 3 atom stereocenters. The topological polar surface area (TPSA) is 114 Å². The van der Waals surface area contributed by atoms with Crippen LogP contribution in [0.1, 0.15) is 96.5 Å². The van der Waals surface area contributed by atoms with Gasteiger partial charge in [-0.05, 0) is 85.4 Å². The summed E-state index contributed by atoms with van der Waals surface area (Å²) in [5, 5.41) is 5.55. The van der Waals surface area contributed by atoms with Gasteiger partial charge in [-0.15, -0.1) is 0 Å². The molecule has 242 valence electrons. The number of nitrogens with zero attached hydrogens (tertiary/aromatic N) is 1. The van der Waals surface area contributed by atoms with Gasteiger partial charge in [0.25, 0.3) is 0 Å². The van der Waals surface area contributed by atoms with Crippen molar-refractivity contribution in [3.63, 3.8) is 0 Å². The van der Waals surface area contributed by atoms with E-state index in [2.05, 4.69) is 10.6 Å². The molecule has 2 rings (SSSR count). The van der Waals surface area contributed by atoms with Gasteiger partial charge in [0.05, 0.1) is 0 Å². The minimum atomic E-state index is -1.07. The third kappa shape index (κ3) is 11.7. The number of nitrogens with one attached hydrogen (secondary N) is 2. The Labute approximate surface area is 263 Å². The molecule has 9 nitrogen and oxygen atoms in total. The van der Waals surface area contributed by atoms with E-state index in [0.29, 0.717) is 12.0 Å². The van der Waals surface area contributed by atoms with E-state index in [9.17, 15) is 19.2 Å². The molecule has 0 heterocycles. The Bertz CT molecular complexity index is 1280. The molecule has 44 heavy (non-hydrogen) atoms. The number of carbonyl (C=O) groups is 4. The van der Waals surface area contributed by atoms with E-state index in [1.54, 1.807) is 48.5 Å². The lowest BCUT2D eigenvalue weighted by Crippen LogP contribution is -2.54. The van der Waals surface area contributed by atoms with Gasteiger partial charge in [0.2, 0.25) is 11.8 Å². The van der Waals surface area contributed by atoms with Gasteiger partial charge < -0.3 is 25.0 Å². The molecule has 3 unspecified atom stereocenters. The number of benzene rings is 2. The first-order valence-electron chi connectivity index (χ1n) is 15.4.